The van der Waals surface area contributed by atoms with E-state index >= 15 is 0 Å². The van der Waals surface area contributed by atoms with Crippen LogP contribution in [0, 0.1) is 13.8 Å². The second-order valence-corrected chi connectivity index (χ2v) is 11.0. The first-order chi connectivity index (χ1) is 20.9. The van der Waals surface area contributed by atoms with E-state index in [0.717, 1.165) is 72.2 Å². The van der Waals surface area contributed by atoms with Gasteiger partial charge in [-0.05, 0) is 74.5 Å². The lowest BCUT2D eigenvalue weighted by Crippen LogP contribution is -2.43. The predicted molar refractivity (Wildman–Crippen MR) is 169 cm³/mol. The lowest BCUT2D eigenvalue weighted by molar-refractivity contribution is 0.102. The van der Waals surface area contributed by atoms with Gasteiger partial charge in [-0.25, -0.2) is 9.97 Å². The van der Waals surface area contributed by atoms with Crippen LogP contribution in [-0.2, 0) is 6.54 Å². The van der Waals surface area contributed by atoms with Gasteiger partial charge >= 0.3 is 0 Å². The largest absolute Gasteiger partial charge is 0.324 e. The quantitative estimate of drug-likeness (QED) is 0.229. The average Bonchev–Trinajstić information content (AvgIpc) is 3.47. The van der Waals surface area contributed by atoms with Gasteiger partial charge in [0.25, 0.3) is 5.91 Å². The number of benzene rings is 2. The molecule has 43 heavy (non-hydrogen) atoms. The topological polar surface area (TPSA) is 115 Å². The van der Waals surface area contributed by atoms with Gasteiger partial charge in [0, 0.05) is 85.1 Å². The second kappa shape index (κ2) is 12.5. The van der Waals surface area contributed by atoms with Crippen molar-refractivity contribution in [1.29, 1.82) is 0 Å². The maximum absolute atomic E-state index is 13.1. The predicted octanol–water partition coefficient (Wildman–Crippen LogP) is 5.29. The van der Waals surface area contributed by atoms with Crippen molar-refractivity contribution in [2.75, 3.05) is 43.9 Å². The molecule has 0 radical (unpaired) electrons. The van der Waals surface area contributed by atoms with Crippen molar-refractivity contribution in [1.82, 2.24) is 34.9 Å². The Balaban J connectivity index is 1.12. The smallest absolute Gasteiger partial charge is 0.255 e. The number of nitrogens with zero attached hydrogens (tertiary/aromatic N) is 6. The number of nitrogens with one attached hydrogen (secondary N) is 3. The summed E-state index contributed by atoms with van der Waals surface area (Å²) in [6.45, 7) is 9.16. The molecule has 0 atom stereocenters. The Labute approximate surface area is 251 Å². The summed E-state index contributed by atoms with van der Waals surface area (Å²) < 4.78 is 0. The van der Waals surface area contributed by atoms with Crippen LogP contribution < -0.4 is 10.6 Å². The van der Waals surface area contributed by atoms with Gasteiger partial charge in [0.1, 0.15) is 0 Å². The molecule has 218 valence electrons. The number of aryl methyl sites for hydroxylation is 2. The monoisotopic (exact) mass is 573 g/mol. The summed E-state index contributed by atoms with van der Waals surface area (Å²) in [5.41, 5.74) is 8.62. The third kappa shape index (κ3) is 6.94. The minimum Gasteiger partial charge on any atom is -0.324 e. The number of piperazine rings is 1. The molecule has 2 aromatic carbocycles. The van der Waals surface area contributed by atoms with Crippen molar-refractivity contribution in [3.05, 3.63) is 102 Å². The summed E-state index contributed by atoms with van der Waals surface area (Å²) in [5.74, 6) is 0.291. The fourth-order valence-electron chi connectivity index (χ4n) is 5.05. The fraction of sp³-hybridized carbons (Fsp3) is 0.242. The highest BCUT2D eigenvalue weighted by molar-refractivity contribution is 6.04. The molecule has 0 bridgehead atoms. The van der Waals surface area contributed by atoms with E-state index in [9.17, 15) is 4.79 Å². The molecule has 1 amide bonds. The van der Waals surface area contributed by atoms with E-state index in [2.05, 4.69) is 47.6 Å². The van der Waals surface area contributed by atoms with Crippen LogP contribution in [0.4, 0.5) is 17.3 Å². The molecule has 3 aromatic heterocycles. The first-order valence-electron chi connectivity index (χ1n) is 14.4. The maximum atomic E-state index is 13.1. The van der Waals surface area contributed by atoms with Crippen molar-refractivity contribution in [2.45, 2.75) is 20.4 Å². The van der Waals surface area contributed by atoms with Gasteiger partial charge in [-0.1, -0.05) is 18.2 Å². The number of amides is 1. The number of hydrogen-bond donors (Lipinski definition) is 3. The Morgan fingerprint density at radius 3 is 2.42 bits per heavy atom. The molecule has 6 rings (SSSR count). The van der Waals surface area contributed by atoms with Crippen LogP contribution in [-0.4, -0.2) is 74.1 Å². The van der Waals surface area contributed by atoms with Crippen LogP contribution in [0.2, 0.25) is 0 Å². The van der Waals surface area contributed by atoms with Crippen LogP contribution in [0.25, 0.3) is 22.5 Å². The molecular weight excluding hydrogens is 538 g/mol. The van der Waals surface area contributed by atoms with Gasteiger partial charge in [-0.15, -0.1) is 0 Å². The number of aromatic nitrogens is 5. The maximum Gasteiger partial charge on any atom is 0.255 e. The molecule has 1 fully saturated rings. The third-order valence-electron chi connectivity index (χ3n) is 7.65. The van der Waals surface area contributed by atoms with Crippen molar-refractivity contribution >= 4 is 23.2 Å². The van der Waals surface area contributed by atoms with Crippen LogP contribution in [0.3, 0.4) is 0 Å². The van der Waals surface area contributed by atoms with E-state index in [1.54, 1.807) is 18.6 Å². The first kappa shape index (κ1) is 28.2. The van der Waals surface area contributed by atoms with Gasteiger partial charge in [0.15, 0.2) is 0 Å². The van der Waals surface area contributed by atoms with E-state index in [1.807, 2.05) is 74.5 Å². The zero-order valence-electron chi connectivity index (χ0n) is 24.6. The van der Waals surface area contributed by atoms with E-state index in [1.165, 1.54) is 5.56 Å². The highest BCUT2D eigenvalue weighted by Crippen LogP contribution is 2.26. The number of hydrogen-bond acceptors (Lipinski definition) is 8. The first-order valence-corrected chi connectivity index (χ1v) is 14.4. The van der Waals surface area contributed by atoms with Crippen molar-refractivity contribution < 1.29 is 4.79 Å². The highest BCUT2D eigenvalue weighted by atomic mass is 16.1. The van der Waals surface area contributed by atoms with Crippen LogP contribution in [0.5, 0.6) is 0 Å². The summed E-state index contributed by atoms with van der Waals surface area (Å²) in [4.78, 5) is 31.4. The molecule has 10 nitrogen and oxygen atoms in total. The van der Waals surface area contributed by atoms with E-state index in [-0.39, 0.29) is 5.91 Å². The minimum absolute atomic E-state index is 0.154. The average molecular weight is 574 g/mol. The molecule has 5 aromatic rings. The summed E-state index contributed by atoms with van der Waals surface area (Å²) in [5, 5.41) is 13.6. The number of carbonyl (C=O) groups is 1. The van der Waals surface area contributed by atoms with Crippen molar-refractivity contribution in [3.8, 4) is 22.5 Å². The molecule has 0 saturated carbocycles. The van der Waals surface area contributed by atoms with Crippen LogP contribution in [0.1, 0.15) is 27.2 Å². The summed E-state index contributed by atoms with van der Waals surface area (Å²) in [6, 6.07) is 19.5. The standard InChI is InChI=1S/C33H35N9O/c1-22-4-9-28(36-32(43)25-7-5-24(6-8-25)21-42-14-12-41(3)13-15-42)18-30(22)38-33-35-11-10-29(37-33)26-17-27(20-34-19-26)31-16-23(2)39-40-31/h4-11,16-20H,12-15,21H2,1-3H3,(H,36,43)(H,39,40)(H,35,37,38). The van der Waals surface area contributed by atoms with Crippen molar-refractivity contribution in [2.24, 2.45) is 0 Å². The van der Waals surface area contributed by atoms with Crippen LogP contribution >= 0.6 is 0 Å². The lowest BCUT2D eigenvalue weighted by atomic mass is 10.1. The molecule has 0 spiro atoms. The SMILES string of the molecule is Cc1cc(-c2cncc(-c3ccnc(Nc4cc(NC(=O)c5ccc(CN6CCN(C)CC6)cc5)ccc4C)n3)c2)n[nH]1. The number of rotatable bonds is 8. The molecule has 1 aliphatic heterocycles. The second-order valence-electron chi connectivity index (χ2n) is 11.0. The summed E-state index contributed by atoms with van der Waals surface area (Å²) in [7, 11) is 2.16. The van der Waals surface area contributed by atoms with Gasteiger partial charge < -0.3 is 15.5 Å². The Kier molecular flexibility index (Phi) is 8.21. The minimum atomic E-state index is -0.154. The Bertz CT molecular complexity index is 1720. The Morgan fingerprint density at radius 2 is 1.67 bits per heavy atom. The van der Waals surface area contributed by atoms with E-state index < -0.39 is 0 Å². The zero-order chi connectivity index (χ0) is 29.8. The number of aromatic amines is 1. The molecule has 0 aliphatic carbocycles. The van der Waals surface area contributed by atoms with Gasteiger partial charge in [0.2, 0.25) is 5.95 Å². The zero-order valence-corrected chi connectivity index (χ0v) is 24.6. The normalized spacial score (nSPS) is 14.0. The molecule has 1 aliphatic rings. The molecular formula is C33H35N9O. The van der Waals surface area contributed by atoms with E-state index in [4.69, 9.17) is 4.98 Å². The molecule has 4 heterocycles. The van der Waals surface area contributed by atoms with Crippen LogP contribution in [0.15, 0.2) is 79.3 Å². The van der Waals surface area contributed by atoms with Crippen molar-refractivity contribution in [3.63, 3.8) is 0 Å². The molecule has 10 heteroatoms. The summed E-state index contributed by atoms with van der Waals surface area (Å²) >= 11 is 0. The third-order valence-corrected chi connectivity index (χ3v) is 7.65. The van der Waals surface area contributed by atoms with Gasteiger partial charge in [-0.3, -0.25) is 19.8 Å². The molecule has 3 N–H and O–H groups in total. The highest BCUT2D eigenvalue weighted by Gasteiger charge is 2.15. The Morgan fingerprint density at radius 1 is 0.907 bits per heavy atom. The summed E-state index contributed by atoms with van der Waals surface area (Å²) in [6.07, 6.45) is 5.27. The lowest BCUT2D eigenvalue weighted by Gasteiger charge is -2.32. The number of anilines is 3. The molecule has 0 unspecified atom stereocenters. The Hall–Kier alpha value is -4.93. The van der Waals surface area contributed by atoms with Gasteiger partial charge in [0.05, 0.1) is 11.4 Å². The fourth-order valence-corrected chi connectivity index (χ4v) is 5.05. The number of carbonyl (C=O) groups excluding carboxylic acids is 1. The number of likely N-dealkylation sites (N-methyl/N-ethyl adjacent to an activating group) is 1. The number of H-pyrrole nitrogens is 1. The van der Waals surface area contributed by atoms with Gasteiger partial charge in [-0.2, -0.15) is 5.10 Å². The molecule has 1 saturated heterocycles. The van der Waals surface area contributed by atoms with E-state index in [0.29, 0.717) is 17.2 Å². The number of pyridine rings is 1.